The van der Waals surface area contributed by atoms with Crippen molar-refractivity contribution in [2.45, 2.75) is 19.8 Å². The quantitative estimate of drug-likeness (QED) is 0.563. The van der Waals surface area contributed by atoms with E-state index in [2.05, 4.69) is 24.9 Å². The summed E-state index contributed by atoms with van der Waals surface area (Å²) in [5.41, 5.74) is 2.88. The van der Waals surface area contributed by atoms with Crippen LogP contribution in [0.5, 0.6) is 0 Å². The van der Waals surface area contributed by atoms with Gasteiger partial charge >= 0.3 is 0 Å². The zero-order chi connectivity index (χ0) is 9.26. The normalized spacial score (nSPS) is 24.6. The first-order valence-corrected chi connectivity index (χ1v) is 4.96. The first kappa shape index (κ1) is 8.82. The molecule has 0 amide bonds. The molecular formula is C11H17NO. The first-order valence-electron chi connectivity index (χ1n) is 4.96. The van der Waals surface area contributed by atoms with Gasteiger partial charge in [-0.2, -0.15) is 0 Å². The van der Waals surface area contributed by atoms with E-state index in [1.807, 2.05) is 0 Å². The number of likely N-dealkylation sites (N-methyl/N-ethyl adjacent to an activating group) is 1. The van der Waals surface area contributed by atoms with Crippen LogP contribution in [0.25, 0.3) is 0 Å². The van der Waals surface area contributed by atoms with E-state index in [1.54, 1.807) is 0 Å². The molecule has 0 saturated carbocycles. The lowest BCUT2D eigenvalue weighted by atomic mass is 9.99. The van der Waals surface area contributed by atoms with Crippen LogP contribution in [0.1, 0.15) is 19.8 Å². The number of hydrogen-bond donors (Lipinski definition) is 0. The molecule has 0 fully saturated rings. The molecule has 0 spiro atoms. The number of hydrogen-bond acceptors (Lipinski definition) is 2. The van der Waals surface area contributed by atoms with Crippen molar-refractivity contribution in [2.75, 3.05) is 26.7 Å². The minimum atomic E-state index is 0.849. The van der Waals surface area contributed by atoms with Gasteiger partial charge in [-0.15, -0.1) is 0 Å². The van der Waals surface area contributed by atoms with Gasteiger partial charge in [-0.25, -0.2) is 0 Å². The molecule has 1 aliphatic heterocycles. The van der Waals surface area contributed by atoms with E-state index in [9.17, 15) is 0 Å². The maximum atomic E-state index is 5.72. The summed E-state index contributed by atoms with van der Waals surface area (Å²) >= 11 is 0. The van der Waals surface area contributed by atoms with Crippen molar-refractivity contribution >= 4 is 0 Å². The molecular weight excluding hydrogens is 162 g/mol. The molecule has 0 aromatic rings. The summed E-state index contributed by atoms with van der Waals surface area (Å²) in [5.74, 6) is 1.23. The summed E-state index contributed by atoms with van der Waals surface area (Å²) in [4.78, 5) is 2.32. The summed E-state index contributed by atoms with van der Waals surface area (Å²) < 4.78 is 5.72. The van der Waals surface area contributed by atoms with Crippen LogP contribution in [0, 0.1) is 0 Å². The van der Waals surface area contributed by atoms with Gasteiger partial charge in [0.2, 0.25) is 0 Å². The number of rotatable bonds is 0. The number of nitrogens with zero attached hydrogens (tertiary/aromatic N) is 1. The van der Waals surface area contributed by atoms with Gasteiger partial charge in [-0.05, 0) is 20.4 Å². The van der Waals surface area contributed by atoms with Gasteiger partial charge in [0.15, 0.2) is 0 Å². The highest BCUT2D eigenvalue weighted by atomic mass is 16.5. The third-order valence-corrected chi connectivity index (χ3v) is 2.71. The van der Waals surface area contributed by atoms with E-state index in [-0.39, 0.29) is 0 Å². The lowest BCUT2D eigenvalue weighted by Gasteiger charge is -2.17. The van der Waals surface area contributed by atoms with Crippen LogP contribution in [0.3, 0.4) is 0 Å². The average Bonchev–Trinajstić information content (AvgIpc) is 2.25. The minimum absolute atomic E-state index is 0.849. The van der Waals surface area contributed by atoms with Gasteiger partial charge in [0, 0.05) is 25.1 Å². The second kappa shape index (κ2) is 3.54. The topological polar surface area (TPSA) is 12.5 Å². The highest BCUT2D eigenvalue weighted by Gasteiger charge is 2.17. The highest BCUT2D eigenvalue weighted by molar-refractivity contribution is 5.31. The largest absolute Gasteiger partial charge is 0.496 e. The van der Waals surface area contributed by atoms with Gasteiger partial charge in [-0.3, -0.25) is 4.90 Å². The third-order valence-electron chi connectivity index (χ3n) is 2.71. The Hall–Kier alpha value is -0.760. The average molecular weight is 179 g/mol. The Morgan fingerprint density at radius 1 is 1.38 bits per heavy atom. The number of allylic oxidation sites excluding steroid dienone is 2. The van der Waals surface area contributed by atoms with Crippen molar-refractivity contribution in [1.82, 2.24) is 4.90 Å². The predicted molar refractivity (Wildman–Crippen MR) is 53.5 cm³/mol. The third kappa shape index (κ3) is 1.94. The van der Waals surface area contributed by atoms with Crippen molar-refractivity contribution < 1.29 is 4.74 Å². The standard InChI is InChI=1S/C11H17NO/c1-9-3-4-11-10(7-9)8-12(2)5-6-13-11/h7H,3-6,8H2,1-2H3. The Morgan fingerprint density at radius 2 is 2.23 bits per heavy atom. The van der Waals surface area contributed by atoms with E-state index in [0.29, 0.717) is 0 Å². The van der Waals surface area contributed by atoms with Crippen LogP contribution < -0.4 is 0 Å². The molecule has 0 radical (unpaired) electrons. The summed E-state index contributed by atoms with van der Waals surface area (Å²) in [5, 5.41) is 0. The van der Waals surface area contributed by atoms with Gasteiger partial charge < -0.3 is 4.74 Å². The molecule has 2 rings (SSSR count). The van der Waals surface area contributed by atoms with E-state index >= 15 is 0 Å². The highest BCUT2D eigenvalue weighted by Crippen LogP contribution is 2.26. The van der Waals surface area contributed by atoms with E-state index in [4.69, 9.17) is 4.74 Å². The van der Waals surface area contributed by atoms with E-state index < -0.39 is 0 Å². The molecule has 0 bridgehead atoms. The molecule has 2 heteroatoms. The summed E-state index contributed by atoms with van der Waals surface area (Å²) in [7, 11) is 2.15. The van der Waals surface area contributed by atoms with Gasteiger partial charge in [0.1, 0.15) is 12.4 Å². The molecule has 2 nitrogen and oxygen atoms in total. The van der Waals surface area contributed by atoms with Crippen LogP contribution in [0.15, 0.2) is 23.0 Å². The van der Waals surface area contributed by atoms with Crippen LogP contribution >= 0.6 is 0 Å². The van der Waals surface area contributed by atoms with Crippen molar-refractivity contribution in [3.63, 3.8) is 0 Å². The van der Waals surface area contributed by atoms with Gasteiger partial charge in [-0.1, -0.05) is 11.6 Å². The first-order chi connectivity index (χ1) is 6.25. The lowest BCUT2D eigenvalue weighted by Crippen LogP contribution is -2.22. The summed E-state index contributed by atoms with van der Waals surface area (Å²) in [6.07, 6.45) is 4.56. The van der Waals surface area contributed by atoms with Crippen LogP contribution in [0.2, 0.25) is 0 Å². The Bertz CT molecular complexity index is 265. The fourth-order valence-corrected chi connectivity index (χ4v) is 1.91. The molecule has 0 aromatic carbocycles. The van der Waals surface area contributed by atoms with Crippen molar-refractivity contribution in [1.29, 1.82) is 0 Å². The number of ether oxygens (including phenoxy) is 1. The molecule has 0 unspecified atom stereocenters. The lowest BCUT2D eigenvalue weighted by molar-refractivity contribution is 0.185. The molecule has 1 aliphatic carbocycles. The fraction of sp³-hybridized carbons (Fsp3) is 0.636. The van der Waals surface area contributed by atoms with Gasteiger partial charge in [0.05, 0.1) is 0 Å². The Balaban J connectivity index is 2.21. The van der Waals surface area contributed by atoms with Crippen LogP contribution in [-0.4, -0.2) is 31.6 Å². The van der Waals surface area contributed by atoms with Crippen LogP contribution in [-0.2, 0) is 4.74 Å². The Morgan fingerprint density at radius 3 is 3.08 bits per heavy atom. The molecule has 0 saturated heterocycles. The molecule has 2 aliphatic rings. The molecule has 0 aromatic heterocycles. The zero-order valence-corrected chi connectivity index (χ0v) is 8.47. The predicted octanol–water partition coefficient (Wildman–Crippen LogP) is 1.94. The van der Waals surface area contributed by atoms with Crippen molar-refractivity contribution in [2.24, 2.45) is 0 Å². The Labute approximate surface area is 79.9 Å². The van der Waals surface area contributed by atoms with Crippen molar-refractivity contribution in [3.05, 3.63) is 23.0 Å². The summed E-state index contributed by atoms with van der Waals surface area (Å²) in [6, 6.07) is 0. The fourth-order valence-electron chi connectivity index (χ4n) is 1.91. The van der Waals surface area contributed by atoms with E-state index in [0.717, 1.165) is 26.1 Å². The SMILES string of the molecule is CC1=CC2=C(CC1)OCCN(C)C2. The molecule has 0 N–H and O–H groups in total. The zero-order valence-electron chi connectivity index (χ0n) is 8.47. The van der Waals surface area contributed by atoms with Crippen LogP contribution in [0.4, 0.5) is 0 Å². The monoisotopic (exact) mass is 179 g/mol. The molecule has 72 valence electrons. The summed E-state index contributed by atoms with van der Waals surface area (Å²) in [6.45, 7) is 5.14. The van der Waals surface area contributed by atoms with Crippen molar-refractivity contribution in [3.8, 4) is 0 Å². The minimum Gasteiger partial charge on any atom is -0.496 e. The van der Waals surface area contributed by atoms with Gasteiger partial charge in [0.25, 0.3) is 0 Å². The Kier molecular flexibility index (Phi) is 2.40. The maximum absolute atomic E-state index is 5.72. The maximum Gasteiger partial charge on any atom is 0.101 e. The molecule has 1 heterocycles. The second-order valence-electron chi connectivity index (χ2n) is 4.03. The molecule has 13 heavy (non-hydrogen) atoms. The second-order valence-corrected chi connectivity index (χ2v) is 4.03. The van der Waals surface area contributed by atoms with E-state index in [1.165, 1.54) is 23.3 Å². The molecule has 0 atom stereocenters. The smallest absolute Gasteiger partial charge is 0.101 e.